The zero-order valence-electron chi connectivity index (χ0n) is 10.1. The van der Waals surface area contributed by atoms with Crippen molar-refractivity contribution < 1.29 is 4.74 Å². The average molecular weight is 240 g/mol. The standard InChI is InChI=1S/C12H20N2OS/c1-9-12(16-10(2)14-9)7-13-5-3-11-4-6-15-8-11/h11,13H,3-8H2,1-2H3. The van der Waals surface area contributed by atoms with E-state index < -0.39 is 0 Å². The van der Waals surface area contributed by atoms with Crippen LogP contribution < -0.4 is 5.32 Å². The van der Waals surface area contributed by atoms with Crippen molar-refractivity contribution in [1.82, 2.24) is 10.3 Å². The van der Waals surface area contributed by atoms with Crippen molar-refractivity contribution in [2.24, 2.45) is 5.92 Å². The molecular formula is C12H20N2OS. The van der Waals surface area contributed by atoms with Crippen molar-refractivity contribution in [3.63, 3.8) is 0 Å². The molecule has 1 unspecified atom stereocenters. The Morgan fingerprint density at radius 2 is 2.38 bits per heavy atom. The molecule has 1 aliphatic heterocycles. The molecule has 2 heterocycles. The molecule has 4 heteroatoms. The number of aryl methyl sites for hydroxylation is 2. The summed E-state index contributed by atoms with van der Waals surface area (Å²) in [5.74, 6) is 0.775. The largest absolute Gasteiger partial charge is 0.381 e. The van der Waals surface area contributed by atoms with E-state index in [-0.39, 0.29) is 0 Å². The lowest BCUT2D eigenvalue weighted by atomic mass is 10.1. The molecule has 1 saturated heterocycles. The van der Waals surface area contributed by atoms with Crippen LogP contribution in [0.5, 0.6) is 0 Å². The lowest BCUT2D eigenvalue weighted by Gasteiger charge is -2.07. The predicted molar refractivity (Wildman–Crippen MR) is 66.8 cm³/mol. The summed E-state index contributed by atoms with van der Waals surface area (Å²) in [6.07, 6.45) is 2.47. The van der Waals surface area contributed by atoms with E-state index in [1.165, 1.54) is 28.4 Å². The Balaban J connectivity index is 1.65. The van der Waals surface area contributed by atoms with Gasteiger partial charge in [-0.1, -0.05) is 0 Å². The molecule has 1 aromatic rings. The van der Waals surface area contributed by atoms with Gasteiger partial charge in [-0.2, -0.15) is 0 Å². The maximum atomic E-state index is 5.36. The highest BCUT2D eigenvalue weighted by Crippen LogP contribution is 2.17. The fourth-order valence-corrected chi connectivity index (χ4v) is 2.96. The molecule has 1 aliphatic rings. The predicted octanol–water partition coefficient (Wildman–Crippen LogP) is 2.28. The number of nitrogens with one attached hydrogen (secondary N) is 1. The number of hydrogen-bond donors (Lipinski definition) is 1. The van der Waals surface area contributed by atoms with Crippen LogP contribution in [0.25, 0.3) is 0 Å². The molecule has 0 radical (unpaired) electrons. The van der Waals surface area contributed by atoms with Gasteiger partial charge >= 0.3 is 0 Å². The summed E-state index contributed by atoms with van der Waals surface area (Å²) in [4.78, 5) is 5.80. The smallest absolute Gasteiger partial charge is 0.0900 e. The molecule has 1 aromatic heterocycles. The maximum Gasteiger partial charge on any atom is 0.0900 e. The third-order valence-corrected chi connectivity index (χ3v) is 4.11. The highest BCUT2D eigenvalue weighted by molar-refractivity contribution is 7.11. The van der Waals surface area contributed by atoms with Crippen LogP contribution in [0.3, 0.4) is 0 Å². The monoisotopic (exact) mass is 240 g/mol. The van der Waals surface area contributed by atoms with Crippen molar-refractivity contribution in [2.45, 2.75) is 33.2 Å². The fraction of sp³-hybridized carbons (Fsp3) is 0.750. The van der Waals surface area contributed by atoms with Gasteiger partial charge in [0.25, 0.3) is 0 Å². The van der Waals surface area contributed by atoms with E-state index >= 15 is 0 Å². The van der Waals surface area contributed by atoms with Gasteiger partial charge in [0.15, 0.2) is 0 Å². The number of rotatable bonds is 5. The Morgan fingerprint density at radius 3 is 3.00 bits per heavy atom. The summed E-state index contributed by atoms with van der Waals surface area (Å²) in [7, 11) is 0. The molecule has 16 heavy (non-hydrogen) atoms. The van der Waals surface area contributed by atoms with Gasteiger partial charge in [0, 0.05) is 24.6 Å². The number of thiazole rings is 1. The first-order chi connectivity index (χ1) is 7.75. The van der Waals surface area contributed by atoms with Gasteiger partial charge in [-0.3, -0.25) is 0 Å². The minimum absolute atomic E-state index is 0.775. The topological polar surface area (TPSA) is 34.2 Å². The minimum Gasteiger partial charge on any atom is -0.381 e. The Bertz CT molecular complexity index is 332. The maximum absolute atomic E-state index is 5.36. The Hall–Kier alpha value is -0.450. The van der Waals surface area contributed by atoms with Crippen LogP contribution in [0.4, 0.5) is 0 Å². The van der Waals surface area contributed by atoms with Crippen LogP contribution in [-0.2, 0) is 11.3 Å². The van der Waals surface area contributed by atoms with Gasteiger partial charge < -0.3 is 10.1 Å². The van der Waals surface area contributed by atoms with E-state index in [1.54, 1.807) is 11.3 Å². The SMILES string of the molecule is Cc1nc(C)c(CNCCC2CCOC2)s1. The highest BCUT2D eigenvalue weighted by atomic mass is 32.1. The Morgan fingerprint density at radius 1 is 1.50 bits per heavy atom. The quantitative estimate of drug-likeness (QED) is 0.802. The second-order valence-electron chi connectivity index (χ2n) is 4.44. The van der Waals surface area contributed by atoms with E-state index in [0.29, 0.717) is 0 Å². The third-order valence-electron chi connectivity index (χ3n) is 3.04. The molecule has 1 fully saturated rings. The minimum atomic E-state index is 0.775. The molecule has 1 atom stereocenters. The highest BCUT2D eigenvalue weighted by Gasteiger charge is 2.14. The van der Waals surface area contributed by atoms with Crippen LogP contribution in [0, 0.1) is 19.8 Å². The molecule has 0 spiro atoms. The van der Waals surface area contributed by atoms with Crippen LogP contribution in [0.15, 0.2) is 0 Å². The molecule has 3 nitrogen and oxygen atoms in total. The number of ether oxygens (including phenoxy) is 1. The molecule has 1 N–H and O–H groups in total. The van der Waals surface area contributed by atoms with Crippen LogP contribution in [0.1, 0.15) is 28.4 Å². The van der Waals surface area contributed by atoms with E-state index in [4.69, 9.17) is 4.74 Å². The lowest BCUT2D eigenvalue weighted by molar-refractivity contribution is 0.184. The van der Waals surface area contributed by atoms with E-state index in [1.807, 2.05) is 0 Å². The molecule has 0 amide bonds. The zero-order chi connectivity index (χ0) is 11.4. The fourth-order valence-electron chi connectivity index (χ4n) is 2.06. The van der Waals surface area contributed by atoms with Crippen molar-refractivity contribution in [3.05, 3.63) is 15.6 Å². The van der Waals surface area contributed by atoms with Crippen LogP contribution in [0.2, 0.25) is 0 Å². The van der Waals surface area contributed by atoms with Gasteiger partial charge in [-0.25, -0.2) is 4.98 Å². The summed E-state index contributed by atoms with van der Waals surface area (Å²) in [6.45, 7) is 8.12. The van der Waals surface area contributed by atoms with Gasteiger partial charge in [0.05, 0.1) is 10.7 Å². The average Bonchev–Trinajstić information content (AvgIpc) is 2.84. The van der Waals surface area contributed by atoms with E-state index in [9.17, 15) is 0 Å². The van der Waals surface area contributed by atoms with Crippen LogP contribution >= 0.6 is 11.3 Å². The normalized spacial score (nSPS) is 20.5. The van der Waals surface area contributed by atoms with Gasteiger partial charge in [-0.05, 0) is 39.2 Å². The molecule has 0 aliphatic carbocycles. The zero-order valence-corrected chi connectivity index (χ0v) is 10.9. The molecule has 2 rings (SSSR count). The molecule has 90 valence electrons. The van der Waals surface area contributed by atoms with Crippen molar-refractivity contribution in [2.75, 3.05) is 19.8 Å². The second kappa shape index (κ2) is 5.75. The van der Waals surface area contributed by atoms with Gasteiger partial charge in [0.2, 0.25) is 0 Å². The summed E-state index contributed by atoms with van der Waals surface area (Å²) in [5, 5.41) is 4.66. The summed E-state index contributed by atoms with van der Waals surface area (Å²) in [5.41, 5.74) is 1.18. The Labute approximate surface area is 101 Å². The first kappa shape index (κ1) is 12.0. The first-order valence-corrected chi connectivity index (χ1v) is 6.78. The van der Waals surface area contributed by atoms with Gasteiger partial charge in [-0.15, -0.1) is 11.3 Å². The summed E-state index contributed by atoms with van der Waals surface area (Å²) in [6, 6.07) is 0. The molecule has 0 bridgehead atoms. The second-order valence-corrected chi connectivity index (χ2v) is 5.72. The third kappa shape index (κ3) is 3.27. The number of nitrogens with zero attached hydrogens (tertiary/aromatic N) is 1. The van der Waals surface area contributed by atoms with E-state index in [0.717, 1.165) is 32.2 Å². The van der Waals surface area contributed by atoms with Gasteiger partial charge in [0.1, 0.15) is 0 Å². The first-order valence-electron chi connectivity index (χ1n) is 5.97. The summed E-state index contributed by atoms with van der Waals surface area (Å²) >= 11 is 1.80. The lowest BCUT2D eigenvalue weighted by Crippen LogP contribution is -2.17. The Kier molecular flexibility index (Phi) is 4.32. The number of aromatic nitrogens is 1. The van der Waals surface area contributed by atoms with Crippen LogP contribution in [-0.4, -0.2) is 24.7 Å². The summed E-state index contributed by atoms with van der Waals surface area (Å²) < 4.78 is 5.36. The van der Waals surface area contributed by atoms with Crippen molar-refractivity contribution in [1.29, 1.82) is 0 Å². The molecule has 0 aromatic carbocycles. The molecule has 0 saturated carbocycles. The molecular weight excluding hydrogens is 220 g/mol. The van der Waals surface area contributed by atoms with E-state index in [2.05, 4.69) is 24.1 Å². The number of hydrogen-bond acceptors (Lipinski definition) is 4. The van der Waals surface area contributed by atoms with Crippen molar-refractivity contribution in [3.8, 4) is 0 Å². The van der Waals surface area contributed by atoms with Crippen molar-refractivity contribution >= 4 is 11.3 Å².